The SMILES string of the molecule is CC(NCC(C)(C)N(C)C)c1cc(F)ccc1F. The second kappa shape index (κ2) is 5.76. The minimum absolute atomic E-state index is 0.0436. The van der Waals surface area contributed by atoms with Gasteiger partial charge in [-0.05, 0) is 53.1 Å². The molecule has 0 aliphatic heterocycles. The lowest BCUT2D eigenvalue weighted by atomic mass is 10.0. The molecule has 0 saturated carbocycles. The first-order valence-corrected chi connectivity index (χ1v) is 6.10. The van der Waals surface area contributed by atoms with E-state index in [0.717, 1.165) is 6.07 Å². The van der Waals surface area contributed by atoms with Gasteiger partial charge in [0, 0.05) is 23.7 Å². The molecular formula is C14H22F2N2. The molecule has 1 aromatic rings. The highest BCUT2D eigenvalue weighted by Gasteiger charge is 2.22. The Hall–Kier alpha value is -1.00. The lowest BCUT2D eigenvalue weighted by molar-refractivity contribution is 0.185. The van der Waals surface area contributed by atoms with Crippen LogP contribution in [-0.2, 0) is 0 Å². The topological polar surface area (TPSA) is 15.3 Å². The van der Waals surface area contributed by atoms with Crippen molar-refractivity contribution in [2.75, 3.05) is 20.6 Å². The highest BCUT2D eigenvalue weighted by atomic mass is 19.1. The standard InChI is InChI=1S/C14H22F2N2/c1-10(17-9-14(2,3)18(4)5)12-8-11(15)6-7-13(12)16/h6-8,10,17H,9H2,1-5H3. The van der Waals surface area contributed by atoms with E-state index in [9.17, 15) is 8.78 Å². The molecule has 0 aliphatic rings. The molecule has 0 saturated heterocycles. The van der Waals surface area contributed by atoms with Crippen LogP contribution >= 0.6 is 0 Å². The Labute approximate surface area is 108 Å². The van der Waals surface area contributed by atoms with Gasteiger partial charge in [-0.2, -0.15) is 0 Å². The molecule has 0 aromatic heterocycles. The fraction of sp³-hybridized carbons (Fsp3) is 0.571. The number of hydrogen-bond donors (Lipinski definition) is 1. The fourth-order valence-corrected chi connectivity index (χ4v) is 1.52. The van der Waals surface area contributed by atoms with Gasteiger partial charge in [0.2, 0.25) is 0 Å². The van der Waals surface area contributed by atoms with Crippen LogP contribution in [0.2, 0.25) is 0 Å². The largest absolute Gasteiger partial charge is 0.308 e. The van der Waals surface area contributed by atoms with E-state index in [1.54, 1.807) is 0 Å². The van der Waals surface area contributed by atoms with Crippen molar-refractivity contribution in [3.8, 4) is 0 Å². The van der Waals surface area contributed by atoms with E-state index in [4.69, 9.17) is 0 Å². The van der Waals surface area contributed by atoms with Crippen molar-refractivity contribution in [1.29, 1.82) is 0 Å². The zero-order valence-electron chi connectivity index (χ0n) is 11.7. The quantitative estimate of drug-likeness (QED) is 0.871. The molecule has 1 unspecified atom stereocenters. The summed E-state index contributed by atoms with van der Waals surface area (Å²) in [5.74, 6) is -0.786. The van der Waals surface area contributed by atoms with Gasteiger partial charge >= 0.3 is 0 Å². The number of hydrogen-bond acceptors (Lipinski definition) is 2. The number of benzene rings is 1. The molecule has 0 heterocycles. The van der Waals surface area contributed by atoms with E-state index in [0.29, 0.717) is 12.1 Å². The van der Waals surface area contributed by atoms with Gasteiger partial charge in [-0.25, -0.2) is 8.78 Å². The molecule has 2 nitrogen and oxygen atoms in total. The van der Waals surface area contributed by atoms with Crippen LogP contribution in [0.3, 0.4) is 0 Å². The summed E-state index contributed by atoms with van der Waals surface area (Å²) in [4.78, 5) is 2.09. The van der Waals surface area contributed by atoms with Crippen LogP contribution < -0.4 is 5.32 Å². The molecule has 0 spiro atoms. The Morgan fingerprint density at radius 3 is 2.44 bits per heavy atom. The Morgan fingerprint density at radius 1 is 1.28 bits per heavy atom. The molecule has 1 rings (SSSR count). The summed E-state index contributed by atoms with van der Waals surface area (Å²) in [6.07, 6.45) is 0. The van der Waals surface area contributed by atoms with E-state index in [1.165, 1.54) is 12.1 Å². The van der Waals surface area contributed by atoms with Gasteiger partial charge in [0.1, 0.15) is 11.6 Å². The summed E-state index contributed by atoms with van der Waals surface area (Å²) in [5, 5.41) is 3.24. The van der Waals surface area contributed by atoms with E-state index in [2.05, 4.69) is 24.1 Å². The second-order valence-electron chi connectivity index (χ2n) is 5.48. The molecule has 0 bridgehead atoms. The normalized spacial score (nSPS) is 14.0. The van der Waals surface area contributed by atoms with Crippen LogP contribution in [0.15, 0.2) is 18.2 Å². The number of nitrogens with zero attached hydrogens (tertiary/aromatic N) is 1. The van der Waals surface area contributed by atoms with Crippen molar-refractivity contribution < 1.29 is 8.78 Å². The van der Waals surface area contributed by atoms with Gasteiger partial charge in [-0.3, -0.25) is 0 Å². The van der Waals surface area contributed by atoms with Crippen molar-refractivity contribution in [1.82, 2.24) is 10.2 Å². The average molecular weight is 256 g/mol. The van der Waals surface area contributed by atoms with E-state index < -0.39 is 5.82 Å². The van der Waals surface area contributed by atoms with Crippen LogP contribution in [0.4, 0.5) is 8.78 Å². The van der Waals surface area contributed by atoms with Crippen LogP contribution in [-0.4, -0.2) is 31.1 Å². The van der Waals surface area contributed by atoms with Crippen molar-refractivity contribution in [3.05, 3.63) is 35.4 Å². The number of likely N-dealkylation sites (N-methyl/N-ethyl adjacent to an activating group) is 1. The first-order chi connectivity index (χ1) is 8.24. The first kappa shape index (κ1) is 15.1. The lowest BCUT2D eigenvalue weighted by Crippen LogP contribution is -2.47. The second-order valence-corrected chi connectivity index (χ2v) is 5.48. The zero-order valence-corrected chi connectivity index (χ0v) is 11.7. The van der Waals surface area contributed by atoms with Crippen LogP contribution in [0, 0.1) is 11.6 Å². The van der Waals surface area contributed by atoms with Crippen molar-refractivity contribution in [2.24, 2.45) is 0 Å². The highest BCUT2D eigenvalue weighted by Crippen LogP contribution is 2.19. The Bertz CT molecular complexity index is 403. The molecule has 0 amide bonds. The van der Waals surface area contributed by atoms with Gasteiger partial charge in [-0.15, -0.1) is 0 Å². The van der Waals surface area contributed by atoms with Gasteiger partial charge in [0.15, 0.2) is 0 Å². The fourth-order valence-electron chi connectivity index (χ4n) is 1.52. The van der Waals surface area contributed by atoms with Crippen molar-refractivity contribution in [3.63, 3.8) is 0 Å². The van der Waals surface area contributed by atoms with Crippen LogP contribution in [0.1, 0.15) is 32.4 Å². The Kier molecular flexibility index (Phi) is 4.82. The minimum atomic E-state index is -0.410. The summed E-state index contributed by atoms with van der Waals surface area (Å²) in [6.45, 7) is 6.71. The molecule has 0 aliphatic carbocycles. The third kappa shape index (κ3) is 3.75. The molecule has 0 radical (unpaired) electrons. The number of rotatable bonds is 5. The third-order valence-corrected chi connectivity index (χ3v) is 3.48. The lowest BCUT2D eigenvalue weighted by Gasteiger charge is -2.34. The van der Waals surface area contributed by atoms with Gasteiger partial charge in [0.25, 0.3) is 0 Å². The summed E-state index contributed by atoms with van der Waals surface area (Å²) >= 11 is 0. The minimum Gasteiger partial charge on any atom is -0.308 e. The zero-order chi connectivity index (χ0) is 13.9. The molecule has 102 valence electrons. The van der Waals surface area contributed by atoms with Crippen molar-refractivity contribution in [2.45, 2.75) is 32.4 Å². The third-order valence-electron chi connectivity index (χ3n) is 3.48. The molecular weight excluding hydrogens is 234 g/mol. The van der Waals surface area contributed by atoms with Crippen LogP contribution in [0.5, 0.6) is 0 Å². The number of nitrogens with one attached hydrogen (secondary N) is 1. The van der Waals surface area contributed by atoms with Crippen LogP contribution in [0.25, 0.3) is 0 Å². The smallest absolute Gasteiger partial charge is 0.128 e. The maximum absolute atomic E-state index is 13.6. The predicted molar refractivity (Wildman–Crippen MR) is 70.5 cm³/mol. The van der Waals surface area contributed by atoms with Crippen molar-refractivity contribution >= 4 is 0 Å². The maximum Gasteiger partial charge on any atom is 0.128 e. The number of halogens is 2. The van der Waals surface area contributed by atoms with Gasteiger partial charge in [0.05, 0.1) is 0 Å². The first-order valence-electron chi connectivity index (χ1n) is 6.10. The monoisotopic (exact) mass is 256 g/mol. The molecule has 1 aromatic carbocycles. The molecule has 18 heavy (non-hydrogen) atoms. The van der Waals surface area contributed by atoms with E-state index in [1.807, 2.05) is 21.0 Å². The highest BCUT2D eigenvalue weighted by molar-refractivity contribution is 5.21. The van der Waals surface area contributed by atoms with E-state index >= 15 is 0 Å². The Morgan fingerprint density at radius 2 is 1.89 bits per heavy atom. The Balaban J connectivity index is 2.71. The average Bonchev–Trinajstić information content (AvgIpc) is 2.29. The molecule has 1 N–H and O–H groups in total. The van der Waals surface area contributed by atoms with Gasteiger partial charge in [-0.1, -0.05) is 0 Å². The summed E-state index contributed by atoms with van der Waals surface area (Å²) in [5.41, 5.74) is 0.322. The molecule has 0 fully saturated rings. The summed E-state index contributed by atoms with van der Waals surface area (Å²) in [6, 6.07) is 3.32. The molecule has 4 heteroatoms. The predicted octanol–water partition coefficient (Wildman–Crippen LogP) is 2.96. The van der Waals surface area contributed by atoms with E-state index in [-0.39, 0.29) is 17.4 Å². The summed E-state index contributed by atoms with van der Waals surface area (Å²) < 4.78 is 26.7. The molecule has 1 atom stereocenters. The van der Waals surface area contributed by atoms with Gasteiger partial charge < -0.3 is 10.2 Å². The summed E-state index contributed by atoms with van der Waals surface area (Å²) in [7, 11) is 3.99. The maximum atomic E-state index is 13.6.